The molecule has 1 N–H and O–H groups in total. The summed E-state index contributed by atoms with van der Waals surface area (Å²) in [5.41, 5.74) is 4.23. The SMILES string of the molecule is CCOc1cc(C2CC(=O)Nc3c2c(C)nn3-c2nncc(-c3ccccc3)n2)ccc1OC. The molecule has 1 atom stereocenters. The van der Waals surface area contributed by atoms with Crippen molar-refractivity contribution in [2.24, 2.45) is 0 Å². The van der Waals surface area contributed by atoms with Gasteiger partial charge in [-0.3, -0.25) is 4.79 Å². The van der Waals surface area contributed by atoms with Crippen molar-refractivity contribution < 1.29 is 14.3 Å². The number of rotatable bonds is 6. The van der Waals surface area contributed by atoms with E-state index in [2.05, 4.69) is 25.6 Å². The summed E-state index contributed by atoms with van der Waals surface area (Å²) in [7, 11) is 1.61. The highest BCUT2D eigenvalue weighted by atomic mass is 16.5. The minimum Gasteiger partial charge on any atom is -0.493 e. The Labute approximate surface area is 196 Å². The molecule has 2 aromatic heterocycles. The standard InChI is InChI=1S/C25H24N6O3/c1-4-34-21-12-17(10-11-20(21)33-3)18-13-22(32)28-24-23(18)15(2)30-31(24)25-27-19(14-26-29-25)16-8-6-5-7-9-16/h5-12,14,18H,4,13H2,1-3H3,(H,28,32). The third-order valence-corrected chi connectivity index (χ3v) is 5.80. The van der Waals surface area contributed by atoms with Gasteiger partial charge in [-0.2, -0.15) is 14.9 Å². The van der Waals surface area contributed by atoms with E-state index in [1.807, 2.05) is 62.4 Å². The molecular formula is C25H24N6O3. The van der Waals surface area contributed by atoms with Gasteiger partial charge >= 0.3 is 0 Å². The van der Waals surface area contributed by atoms with E-state index in [0.29, 0.717) is 36.0 Å². The summed E-state index contributed by atoms with van der Waals surface area (Å²) in [6, 6.07) is 15.5. The van der Waals surface area contributed by atoms with Crippen LogP contribution in [0.2, 0.25) is 0 Å². The van der Waals surface area contributed by atoms with Gasteiger partial charge in [-0.05, 0) is 31.5 Å². The van der Waals surface area contributed by atoms with Gasteiger partial charge in [0.1, 0.15) is 5.82 Å². The molecule has 1 amide bonds. The minimum atomic E-state index is -0.201. The summed E-state index contributed by atoms with van der Waals surface area (Å²) in [5.74, 6) is 1.82. The van der Waals surface area contributed by atoms with Crippen molar-refractivity contribution in [3.05, 3.63) is 71.5 Å². The predicted octanol–water partition coefficient (Wildman–Crippen LogP) is 3.91. The van der Waals surface area contributed by atoms with E-state index in [-0.39, 0.29) is 17.8 Å². The fourth-order valence-corrected chi connectivity index (χ4v) is 4.29. The maximum absolute atomic E-state index is 12.8. The summed E-state index contributed by atoms with van der Waals surface area (Å²) in [5, 5.41) is 16.0. The number of methoxy groups -OCH3 is 1. The third kappa shape index (κ3) is 3.85. The Morgan fingerprint density at radius 2 is 1.97 bits per heavy atom. The van der Waals surface area contributed by atoms with Crippen molar-refractivity contribution >= 4 is 11.7 Å². The monoisotopic (exact) mass is 456 g/mol. The molecule has 9 heteroatoms. The molecular weight excluding hydrogens is 432 g/mol. The first-order chi connectivity index (χ1) is 16.6. The van der Waals surface area contributed by atoms with Crippen LogP contribution in [0.1, 0.15) is 36.1 Å². The molecule has 0 aliphatic carbocycles. The number of hydrogen-bond acceptors (Lipinski definition) is 7. The lowest BCUT2D eigenvalue weighted by Crippen LogP contribution is -2.25. The highest BCUT2D eigenvalue weighted by molar-refractivity contribution is 5.95. The topological polar surface area (TPSA) is 104 Å². The van der Waals surface area contributed by atoms with Crippen molar-refractivity contribution in [1.82, 2.24) is 25.0 Å². The van der Waals surface area contributed by atoms with E-state index in [1.54, 1.807) is 18.0 Å². The molecule has 9 nitrogen and oxygen atoms in total. The normalized spacial score (nSPS) is 14.9. The number of nitrogens with one attached hydrogen (secondary N) is 1. The number of anilines is 1. The third-order valence-electron chi connectivity index (χ3n) is 5.80. The first-order valence-corrected chi connectivity index (χ1v) is 11.0. The predicted molar refractivity (Wildman–Crippen MR) is 126 cm³/mol. The van der Waals surface area contributed by atoms with Gasteiger partial charge in [-0.15, -0.1) is 5.10 Å². The Kier molecular flexibility index (Phi) is 5.67. The zero-order valence-electron chi connectivity index (χ0n) is 19.1. The van der Waals surface area contributed by atoms with Gasteiger partial charge in [-0.1, -0.05) is 36.4 Å². The molecule has 0 saturated carbocycles. The minimum absolute atomic E-state index is 0.111. The first kappa shape index (κ1) is 21.6. The van der Waals surface area contributed by atoms with Crippen LogP contribution in [-0.2, 0) is 4.79 Å². The largest absolute Gasteiger partial charge is 0.493 e. The van der Waals surface area contributed by atoms with Crippen LogP contribution in [0.25, 0.3) is 17.2 Å². The Hall–Kier alpha value is -4.27. The molecule has 2 aromatic carbocycles. The van der Waals surface area contributed by atoms with Gasteiger partial charge in [0.05, 0.1) is 31.3 Å². The fourth-order valence-electron chi connectivity index (χ4n) is 4.29. The smallest absolute Gasteiger partial charge is 0.272 e. The maximum atomic E-state index is 12.8. The molecule has 0 radical (unpaired) electrons. The molecule has 5 rings (SSSR count). The second-order valence-corrected chi connectivity index (χ2v) is 7.92. The second kappa shape index (κ2) is 8.93. The molecule has 1 aliphatic heterocycles. The van der Waals surface area contributed by atoms with Crippen molar-refractivity contribution in [2.75, 3.05) is 19.0 Å². The van der Waals surface area contributed by atoms with Crippen LogP contribution in [0.5, 0.6) is 11.5 Å². The van der Waals surface area contributed by atoms with Crippen LogP contribution >= 0.6 is 0 Å². The highest BCUT2D eigenvalue weighted by Crippen LogP contribution is 2.42. The van der Waals surface area contributed by atoms with E-state index < -0.39 is 0 Å². The molecule has 34 heavy (non-hydrogen) atoms. The number of hydrogen-bond donors (Lipinski definition) is 1. The number of amides is 1. The Morgan fingerprint density at radius 1 is 1.15 bits per heavy atom. The number of aryl methyl sites for hydroxylation is 1. The quantitative estimate of drug-likeness (QED) is 0.469. The van der Waals surface area contributed by atoms with Gasteiger partial charge in [0.25, 0.3) is 5.95 Å². The van der Waals surface area contributed by atoms with E-state index in [4.69, 9.17) is 9.47 Å². The molecule has 0 saturated heterocycles. The van der Waals surface area contributed by atoms with E-state index in [1.165, 1.54) is 0 Å². The molecule has 0 fully saturated rings. The van der Waals surface area contributed by atoms with Crippen molar-refractivity contribution in [3.8, 4) is 28.7 Å². The molecule has 172 valence electrons. The zero-order valence-corrected chi connectivity index (χ0v) is 19.1. The lowest BCUT2D eigenvalue weighted by Gasteiger charge is -2.25. The van der Waals surface area contributed by atoms with Crippen LogP contribution in [-0.4, -0.2) is 44.6 Å². The number of fused-ring (bicyclic) bond motifs is 1. The number of nitrogens with zero attached hydrogens (tertiary/aromatic N) is 5. The van der Waals surface area contributed by atoms with E-state index in [9.17, 15) is 4.79 Å². The number of benzene rings is 2. The van der Waals surface area contributed by atoms with Crippen molar-refractivity contribution in [1.29, 1.82) is 0 Å². The Bertz CT molecular complexity index is 1350. The lowest BCUT2D eigenvalue weighted by atomic mass is 9.85. The maximum Gasteiger partial charge on any atom is 0.272 e. The summed E-state index contributed by atoms with van der Waals surface area (Å²) in [4.78, 5) is 17.4. The van der Waals surface area contributed by atoms with Gasteiger partial charge in [0.15, 0.2) is 11.5 Å². The van der Waals surface area contributed by atoms with Crippen molar-refractivity contribution in [2.45, 2.75) is 26.2 Å². The molecule has 0 spiro atoms. The van der Waals surface area contributed by atoms with Gasteiger partial charge < -0.3 is 14.8 Å². The number of aromatic nitrogens is 5. The van der Waals surface area contributed by atoms with E-state index in [0.717, 1.165) is 22.4 Å². The number of ether oxygens (including phenoxy) is 2. The summed E-state index contributed by atoms with van der Waals surface area (Å²) >= 11 is 0. The summed E-state index contributed by atoms with van der Waals surface area (Å²) in [6.07, 6.45) is 1.90. The van der Waals surface area contributed by atoms with Gasteiger partial charge in [0.2, 0.25) is 5.91 Å². The molecule has 3 heterocycles. The zero-order chi connectivity index (χ0) is 23.7. The van der Waals surface area contributed by atoms with E-state index >= 15 is 0 Å². The molecule has 1 aliphatic rings. The van der Waals surface area contributed by atoms with Crippen LogP contribution in [0.4, 0.5) is 5.82 Å². The highest BCUT2D eigenvalue weighted by Gasteiger charge is 2.33. The van der Waals surface area contributed by atoms with Crippen LogP contribution < -0.4 is 14.8 Å². The number of carbonyl (C=O) groups is 1. The second-order valence-electron chi connectivity index (χ2n) is 7.92. The Balaban J connectivity index is 1.60. The molecule has 0 bridgehead atoms. The van der Waals surface area contributed by atoms with Gasteiger partial charge in [0, 0.05) is 23.5 Å². The Morgan fingerprint density at radius 3 is 2.74 bits per heavy atom. The van der Waals surface area contributed by atoms with Crippen LogP contribution in [0.15, 0.2) is 54.7 Å². The van der Waals surface area contributed by atoms with Crippen LogP contribution in [0, 0.1) is 6.92 Å². The fraction of sp³-hybridized carbons (Fsp3) is 0.240. The average Bonchev–Trinajstić information content (AvgIpc) is 3.20. The average molecular weight is 457 g/mol. The number of carbonyl (C=O) groups excluding carboxylic acids is 1. The molecule has 1 unspecified atom stereocenters. The summed E-state index contributed by atoms with van der Waals surface area (Å²) < 4.78 is 12.7. The molecule has 4 aromatic rings. The van der Waals surface area contributed by atoms with Crippen molar-refractivity contribution in [3.63, 3.8) is 0 Å². The lowest BCUT2D eigenvalue weighted by molar-refractivity contribution is -0.116. The first-order valence-electron chi connectivity index (χ1n) is 11.0. The summed E-state index contributed by atoms with van der Waals surface area (Å²) in [6.45, 7) is 4.35. The van der Waals surface area contributed by atoms with Gasteiger partial charge in [-0.25, -0.2) is 4.98 Å². The van der Waals surface area contributed by atoms with Crippen LogP contribution in [0.3, 0.4) is 0 Å².